The highest BCUT2D eigenvalue weighted by molar-refractivity contribution is 9.09. The maximum atomic E-state index is 10.5. The molecule has 0 aromatic heterocycles. The quantitative estimate of drug-likeness (QED) is 0.528. The van der Waals surface area contributed by atoms with Crippen LogP contribution in [0, 0.1) is 5.92 Å². The lowest BCUT2D eigenvalue weighted by Crippen LogP contribution is -3.00. The molecule has 11 heavy (non-hydrogen) atoms. The predicted molar refractivity (Wildman–Crippen MR) is 39.8 cm³/mol. The van der Waals surface area contributed by atoms with Crippen molar-refractivity contribution in [2.45, 2.75) is 18.4 Å². The van der Waals surface area contributed by atoms with Gasteiger partial charge in [0.2, 0.25) is 0 Å². The lowest BCUT2D eigenvalue weighted by atomic mass is 9.70. The van der Waals surface area contributed by atoms with Crippen molar-refractivity contribution in [1.29, 1.82) is 0 Å². The van der Waals surface area contributed by atoms with Gasteiger partial charge in [-0.05, 0) is 5.92 Å². The van der Waals surface area contributed by atoms with Crippen molar-refractivity contribution in [3.05, 3.63) is 0 Å². The first-order chi connectivity index (χ1) is 4.58. The molecule has 1 fully saturated rings. The highest BCUT2D eigenvalue weighted by Crippen LogP contribution is 2.35. The zero-order valence-corrected chi connectivity index (χ0v) is 9.19. The van der Waals surface area contributed by atoms with Crippen LogP contribution >= 0.6 is 15.9 Å². The van der Waals surface area contributed by atoms with E-state index in [4.69, 9.17) is 5.11 Å². The molecule has 0 saturated heterocycles. The van der Waals surface area contributed by atoms with Crippen LogP contribution in [0.2, 0.25) is 0 Å². The van der Waals surface area contributed by atoms with E-state index in [2.05, 4.69) is 21.7 Å². The minimum absolute atomic E-state index is 0. The van der Waals surface area contributed by atoms with E-state index in [1.165, 1.54) is 0 Å². The average Bonchev–Trinajstić information content (AvgIpc) is 1.80. The molecule has 0 amide bonds. The van der Waals surface area contributed by atoms with Crippen LogP contribution in [-0.4, -0.2) is 21.9 Å². The third-order valence-electron chi connectivity index (χ3n) is 2.03. The number of carbonyl (C=O) groups is 1. The van der Waals surface area contributed by atoms with Crippen molar-refractivity contribution in [2.75, 3.05) is 5.33 Å². The predicted octanol–water partition coefficient (Wildman–Crippen LogP) is -3.14. The third-order valence-corrected chi connectivity index (χ3v) is 2.95. The Morgan fingerprint density at radius 3 is 2.45 bits per heavy atom. The minimum atomic E-state index is -0.760. The summed E-state index contributed by atoms with van der Waals surface area (Å²) in [6, 6.07) is 0. The van der Waals surface area contributed by atoms with Crippen LogP contribution in [0.15, 0.2) is 0 Å². The van der Waals surface area contributed by atoms with Crippen molar-refractivity contribution in [3.8, 4) is 0 Å². The minimum Gasteiger partial charge on any atom is -1.00 e. The Balaban J connectivity index is 0.000001000. The van der Waals surface area contributed by atoms with Gasteiger partial charge in [-0.2, -0.15) is 0 Å². The molecule has 0 unspecified atom stereocenters. The van der Waals surface area contributed by atoms with Crippen LogP contribution in [-0.2, 0) is 4.79 Å². The van der Waals surface area contributed by atoms with Gasteiger partial charge in [0.25, 0.3) is 0 Å². The fraction of sp³-hybridized carbons (Fsp3) is 0.833. The molecule has 3 nitrogen and oxygen atoms in total. The van der Waals surface area contributed by atoms with Gasteiger partial charge >= 0.3 is 5.97 Å². The summed E-state index contributed by atoms with van der Waals surface area (Å²) < 4.78 is 0. The van der Waals surface area contributed by atoms with E-state index < -0.39 is 11.5 Å². The lowest BCUT2D eigenvalue weighted by Gasteiger charge is -2.36. The van der Waals surface area contributed by atoms with Crippen molar-refractivity contribution >= 4 is 21.9 Å². The summed E-state index contributed by atoms with van der Waals surface area (Å²) in [5, 5.41) is 9.53. The summed E-state index contributed by atoms with van der Waals surface area (Å²) >= 11 is 3.31. The second kappa shape index (κ2) is 3.87. The average molecular weight is 289 g/mol. The summed E-state index contributed by atoms with van der Waals surface area (Å²) in [6.07, 6.45) is 1.43. The van der Waals surface area contributed by atoms with Crippen LogP contribution in [0.1, 0.15) is 12.8 Å². The van der Waals surface area contributed by atoms with Crippen molar-refractivity contribution < 1.29 is 32.6 Å². The van der Waals surface area contributed by atoms with Crippen molar-refractivity contribution in [1.82, 2.24) is 0 Å². The molecule has 0 aromatic carbocycles. The molecule has 0 heterocycles. The van der Waals surface area contributed by atoms with Gasteiger partial charge in [-0.25, -0.2) is 4.79 Å². The first-order valence-corrected chi connectivity index (χ1v) is 4.35. The van der Waals surface area contributed by atoms with Gasteiger partial charge in [-0.15, -0.1) is 0 Å². The summed E-state index contributed by atoms with van der Waals surface area (Å²) in [6.45, 7) is 0. The number of carboxylic acids is 1. The monoisotopic (exact) mass is 287 g/mol. The molecule has 0 radical (unpaired) electrons. The molecule has 0 atom stereocenters. The molecule has 1 saturated carbocycles. The highest BCUT2D eigenvalue weighted by Gasteiger charge is 2.50. The fourth-order valence-corrected chi connectivity index (χ4v) is 1.79. The van der Waals surface area contributed by atoms with Gasteiger partial charge in [0, 0.05) is 18.2 Å². The van der Waals surface area contributed by atoms with E-state index in [0.717, 1.165) is 5.33 Å². The van der Waals surface area contributed by atoms with Gasteiger partial charge in [0.15, 0.2) is 5.54 Å². The van der Waals surface area contributed by atoms with Gasteiger partial charge in [0.05, 0.1) is 0 Å². The van der Waals surface area contributed by atoms with Crippen molar-refractivity contribution in [3.63, 3.8) is 0 Å². The maximum Gasteiger partial charge on any atom is 0.365 e. The SMILES string of the molecule is [Br-].[NH3+]C1(C(=O)O)CC(CBr)C1. The zero-order chi connectivity index (χ0) is 7.78. The molecule has 0 aliphatic heterocycles. The molecule has 0 bridgehead atoms. The Morgan fingerprint density at radius 1 is 1.73 bits per heavy atom. The zero-order valence-electron chi connectivity index (χ0n) is 6.02. The number of hydrogen-bond donors (Lipinski definition) is 2. The molecule has 0 spiro atoms. The third kappa shape index (κ3) is 2.16. The molecule has 0 aromatic rings. The molecule has 1 aliphatic carbocycles. The van der Waals surface area contributed by atoms with Crippen LogP contribution in [0.25, 0.3) is 0 Å². The number of hydrogen-bond acceptors (Lipinski definition) is 1. The number of carboxylic acid groups (broad SMARTS) is 1. The van der Waals surface area contributed by atoms with E-state index >= 15 is 0 Å². The Hall–Kier alpha value is 0.390. The van der Waals surface area contributed by atoms with E-state index in [1.54, 1.807) is 0 Å². The molecule has 4 N–H and O–H groups in total. The summed E-state index contributed by atoms with van der Waals surface area (Å²) in [4.78, 5) is 10.5. The number of halogens is 2. The molecule has 5 heteroatoms. The maximum absolute atomic E-state index is 10.5. The standard InChI is InChI=1S/C6H10BrNO2.BrH/c7-3-4-1-6(8,2-4)5(9)10;/h4H,1-3,8H2,(H,9,10);1H. The molecule has 1 aliphatic rings. The van der Waals surface area contributed by atoms with Crippen LogP contribution < -0.4 is 22.7 Å². The number of rotatable bonds is 2. The second-order valence-corrected chi connectivity index (χ2v) is 3.66. The van der Waals surface area contributed by atoms with E-state index in [-0.39, 0.29) is 17.0 Å². The van der Waals surface area contributed by atoms with Crippen LogP contribution in [0.3, 0.4) is 0 Å². The van der Waals surface area contributed by atoms with Gasteiger partial charge in [0.1, 0.15) is 0 Å². The van der Waals surface area contributed by atoms with Crippen molar-refractivity contribution in [2.24, 2.45) is 5.92 Å². The Morgan fingerprint density at radius 2 is 2.18 bits per heavy atom. The molecular formula is C6H11Br2NO2. The Bertz CT molecular complexity index is 157. The smallest absolute Gasteiger partial charge is 0.365 e. The van der Waals surface area contributed by atoms with Gasteiger partial charge < -0.3 is 27.8 Å². The number of quaternary nitrogens is 1. The van der Waals surface area contributed by atoms with E-state index in [9.17, 15) is 4.79 Å². The van der Waals surface area contributed by atoms with Crippen LogP contribution in [0.5, 0.6) is 0 Å². The molecule has 1 rings (SSSR count). The number of alkyl halides is 1. The van der Waals surface area contributed by atoms with E-state index in [0.29, 0.717) is 18.8 Å². The molecular weight excluding hydrogens is 278 g/mol. The van der Waals surface area contributed by atoms with Gasteiger partial charge in [-0.3, -0.25) is 0 Å². The largest absolute Gasteiger partial charge is 1.00 e. The fourth-order valence-electron chi connectivity index (χ4n) is 1.33. The second-order valence-electron chi connectivity index (χ2n) is 3.01. The Kier molecular flexibility index (Phi) is 4.00. The first kappa shape index (κ1) is 11.4. The number of aliphatic carboxylic acids is 1. The summed E-state index contributed by atoms with van der Waals surface area (Å²) in [5.74, 6) is -0.238. The van der Waals surface area contributed by atoms with Crippen LogP contribution in [0.4, 0.5) is 0 Å². The lowest BCUT2D eigenvalue weighted by molar-refractivity contribution is -0.487. The highest BCUT2D eigenvalue weighted by atomic mass is 79.9. The summed E-state index contributed by atoms with van der Waals surface area (Å²) in [5.41, 5.74) is 2.98. The Labute approximate surface area is 84.2 Å². The summed E-state index contributed by atoms with van der Waals surface area (Å²) in [7, 11) is 0. The topological polar surface area (TPSA) is 64.9 Å². The molecule has 66 valence electrons. The van der Waals surface area contributed by atoms with Gasteiger partial charge in [-0.1, -0.05) is 15.9 Å². The first-order valence-electron chi connectivity index (χ1n) is 3.23. The van der Waals surface area contributed by atoms with E-state index in [1.807, 2.05) is 0 Å². The normalized spacial score (nSPS) is 35.3.